The van der Waals surface area contributed by atoms with Gasteiger partial charge >= 0.3 is 0 Å². The van der Waals surface area contributed by atoms with Crippen LogP contribution in [0.4, 0.5) is 0 Å². The molecule has 0 radical (unpaired) electrons. The molecule has 0 aliphatic heterocycles. The molecule has 31 heavy (non-hydrogen) atoms. The molecule has 2 rings (SSSR count). The topological polar surface area (TPSA) is 84.0 Å². The summed E-state index contributed by atoms with van der Waals surface area (Å²) in [6, 6.07) is 13.7. The fraction of sp³-hybridized carbons (Fsp3) is 0.391. The average Bonchev–Trinajstić information content (AvgIpc) is 2.75. The number of hydrogen-bond acceptors (Lipinski definition) is 4. The summed E-state index contributed by atoms with van der Waals surface area (Å²) in [7, 11) is 3.39. The van der Waals surface area contributed by atoms with E-state index in [1.807, 2.05) is 44.2 Å². The van der Waals surface area contributed by atoms with Crippen LogP contribution in [0.15, 0.2) is 47.5 Å². The van der Waals surface area contributed by atoms with Crippen molar-refractivity contribution in [3.05, 3.63) is 64.7 Å². The zero-order chi connectivity index (χ0) is 21.8. The summed E-state index contributed by atoms with van der Waals surface area (Å²) in [5.41, 5.74) is 3.91. The molecule has 0 aliphatic rings. The summed E-state index contributed by atoms with van der Waals surface area (Å²) in [5, 5.41) is 9.40. The van der Waals surface area contributed by atoms with Gasteiger partial charge in [0.05, 0.1) is 6.61 Å². The first kappa shape index (κ1) is 26.7. The highest BCUT2D eigenvalue weighted by atomic mass is 127. The quantitative estimate of drug-likeness (QED) is 0.187. The van der Waals surface area contributed by atoms with Gasteiger partial charge in [0.15, 0.2) is 5.96 Å². The van der Waals surface area contributed by atoms with Gasteiger partial charge in [-0.2, -0.15) is 0 Å². The standard InChI is InChI=1S/C23H32N4O3.HI/c1-5-25-22(28)19-10-7-18(8-11-19)15-26-23(24-3)27-16-20-9-6-17(2)14-21(20)30-13-12-29-4;/h6-11,14H,5,12-13,15-16H2,1-4H3,(H,25,28)(H2,24,26,27);1H. The molecule has 1 amide bonds. The van der Waals surface area contributed by atoms with E-state index in [-0.39, 0.29) is 29.9 Å². The number of halogens is 1. The van der Waals surface area contributed by atoms with E-state index in [1.165, 1.54) is 0 Å². The predicted molar refractivity (Wildman–Crippen MR) is 135 cm³/mol. The highest BCUT2D eigenvalue weighted by Crippen LogP contribution is 2.20. The van der Waals surface area contributed by atoms with Crippen molar-refractivity contribution in [2.45, 2.75) is 26.9 Å². The monoisotopic (exact) mass is 540 g/mol. The molecule has 0 saturated carbocycles. The first-order chi connectivity index (χ1) is 14.6. The Morgan fingerprint density at radius 3 is 2.35 bits per heavy atom. The second-order valence-corrected chi connectivity index (χ2v) is 6.79. The maximum atomic E-state index is 11.8. The average molecular weight is 540 g/mol. The number of amides is 1. The number of aryl methyl sites for hydroxylation is 1. The lowest BCUT2D eigenvalue weighted by Gasteiger charge is -2.15. The number of carbonyl (C=O) groups excluding carboxylic acids is 1. The Morgan fingerprint density at radius 2 is 1.71 bits per heavy atom. The lowest BCUT2D eigenvalue weighted by Crippen LogP contribution is -2.36. The molecule has 0 bridgehead atoms. The van der Waals surface area contributed by atoms with Crippen LogP contribution in [-0.4, -0.2) is 45.8 Å². The zero-order valence-electron chi connectivity index (χ0n) is 18.7. The lowest BCUT2D eigenvalue weighted by molar-refractivity contribution is 0.0956. The van der Waals surface area contributed by atoms with E-state index < -0.39 is 0 Å². The van der Waals surface area contributed by atoms with E-state index in [4.69, 9.17) is 9.47 Å². The lowest BCUT2D eigenvalue weighted by atomic mass is 10.1. The molecule has 0 unspecified atom stereocenters. The molecule has 2 aromatic rings. The van der Waals surface area contributed by atoms with Gasteiger partial charge in [0.2, 0.25) is 0 Å². The number of guanidine groups is 1. The van der Waals surface area contributed by atoms with Crippen LogP contribution in [0.25, 0.3) is 0 Å². The number of aliphatic imine (C=N–C) groups is 1. The van der Waals surface area contributed by atoms with E-state index in [0.29, 0.717) is 44.4 Å². The smallest absolute Gasteiger partial charge is 0.251 e. The van der Waals surface area contributed by atoms with Crippen LogP contribution < -0.4 is 20.7 Å². The summed E-state index contributed by atoms with van der Waals surface area (Å²) >= 11 is 0. The maximum Gasteiger partial charge on any atom is 0.251 e. The number of nitrogens with zero attached hydrogens (tertiary/aromatic N) is 1. The second kappa shape index (κ2) is 14.6. The summed E-state index contributed by atoms with van der Waals surface area (Å²) in [6.07, 6.45) is 0. The van der Waals surface area contributed by atoms with Gasteiger partial charge in [0, 0.05) is 44.9 Å². The van der Waals surface area contributed by atoms with Crippen molar-refractivity contribution in [2.24, 2.45) is 4.99 Å². The van der Waals surface area contributed by atoms with E-state index in [1.54, 1.807) is 14.2 Å². The fourth-order valence-corrected chi connectivity index (χ4v) is 2.80. The Morgan fingerprint density at radius 1 is 1.00 bits per heavy atom. The van der Waals surface area contributed by atoms with Crippen LogP contribution in [0.3, 0.4) is 0 Å². The Hall–Kier alpha value is -2.33. The first-order valence-corrected chi connectivity index (χ1v) is 10.1. The molecule has 0 aromatic heterocycles. The summed E-state index contributed by atoms with van der Waals surface area (Å²) in [5.74, 6) is 1.47. The second-order valence-electron chi connectivity index (χ2n) is 6.79. The van der Waals surface area contributed by atoms with Gasteiger partial charge in [-0.3, -0.25) is 9.79 Å². The number of nitrogens with one attached hydrogen (secondary N) is 3. The van der Waals surface area contributed by atoms with Crippen LogP contribution in [0.1, 0.15) is 34.0 Å². The van der Waals surface area contributed by atoms with Crippen LogP contribution in [0.5, 0.6) is 5.75 Å². The van der Waals surface area contributed by atoms with Crippen LogP contribution in [0, 0.1) is 6.92 Å². The summed E-state index contributed by atoms with van der Waals surface area (Å²) < 4.78 is 10.9. The highest BCUT2D eigenvalue weighted by molar-refractivity contribution is 14.0. The van der Waals surface area contributed by atoms with Crippen molar-refractivity contribution in [3.63, 3.8) is 0 Å². The fourth-order valence-electron chi connectivity index (χ4n) is 2.80. The molecule has 2 aromatic carbocycles. The van der Waals surface area contributed by atoms with Gasteiger partial charge in [0.25, 0.3) is 5.91 Å². The van der Waals surface area contributed by atoms with E-state index in [9.17, 15) is 4.79 Å². The largest absolute Gasteiger partial charge is 0.491 e. The van der Waals surface area contributed by atoms with Gasteiger partial charge in [-0.15, -0.1) is 24.0 Å². The summed E-state index contributed by atoms with van der Waals surface area (Å²) in [6.45, 7) is 6.79. The van der Waals surface area contributed by atoms with Crippen LogP contribution >= 0.6 is 24.0 Å². The minimum atomic E-state index is -0.0592. The van der Waals surface area contributed by atoms with Crippen LogP contribution in [0.2, 0.25) is 0 Å². The Bertz CT molecular complexity index is 841. The molecule has 0 saturated heterocycles. The molecule has 8 heteroatoms. The number of rotatable bonds is 10. The van der Waals surface area contributed by atoms with E-state index in [0.717, 1.165) is 22.4 Å². The summed E-state index contributed by atoms with van der Waals surface area (Å²) in [4.78, 5) is 16.1. The van der Waals surface area contributed by atoms with E-state index >= 15 is 0 Å². The molecular weight excluding hydrogens is 507 g/mol. The van der Waals surface area contributed by atoms with Crippen molar-refractivity contribution < 1.29 is 14.3 Å². The van der Waals surface area contributed by atoms with Crippen molar-refractivity contribution in [1.82, 2.24) is 16.0 Å². The van der Waals surface area contributed by atoms with Crippen molar-refractivity contribution in [1.29, 1.82) is 0 Å². The Labute approximate surface area is 202 Å². The van der Waals surface area contributed by atoms with E-state index in [2.05, 4.69) is 33.1 Å². The van der Waals surface area contributed by atoms with Gasteiger partial charge < -0.3 is 25.4 Å². The first-order valence-electron chi connectivity index (χ1n) is 10.1. The molecule has 0 heterocycles. The molecular formula is C23H33IN4O3. The van der Waals surface area contributed by atoms with Gasteiger partial charge in [-0.1, -0.05) is 24.3 Å². The molecule has 0 atom stereocenters. The van der Waals surface area contributed by atoms with Crippen molar-refractivity contribution in [2.75, 3.05) is 33.9 Å². The SMILES string of the molecule is CCNC(=O)c1ccc(CNC(=NC)NCc2ccc(C)cc2OCCOC)cc1.I. The number of carbonyl (C=O) groups is 1. The third kappa shape index (κ3) is 9.14. The number of methoxy groups -OCH3 is 1. The Kier molecular flexibility index (Phi) is 12.6. The van der Waals surface area contributed by atoms with Crippen molar-refractivity contribution >= 4 is 35.8 Å². The van der Waals surface area contributed by atoms with Gasteiger partial charge in [0.1, 0.15) is 12.4 Å². The number of benzene rings is 2. The number of hydrogen-bond donors (Lipinski definition) is 3. The van der Waals surface area contributed by atoms with Gasteiger partial charge in [-0.05, 0) is 43.2 Å². The molecule has 0 aliphatic carbocycles. The highest BCUT2D eigenvalue weighted by Gasteiger charge is 2.07. The molecule has 170 valence electrons. The molecule has 0 spiro atoms. The minimum Gasteiger partial charge on any atom is -0.491 e. The van der Waals surface area contributed by atoms with Crippen molar-refractivity contribution in [3.8, 4) is 5.75 Å². The number of ether oxygens (including phenoxy) is 2. The molecule has 0 fully saturated rings. The Balaban J connectivity index is 0.00000480. The third-order valence-corrected chi connectivity index (χ3v) is 4.45. The van der Waals surface area contributed by atoms with Crippen LogP contribution in [-0.2, 0) is 17.8 Å². The predicted octanol–water partition coefficient (Wildman–Crippen LogP) is 3.25. The van der Waals surface area contributed by atoms with Gasteiger partial charge in [-0.25, -0.2) is 0 Å². The zero-order valence-corrected chi connectivity index (χ0v) is 21.0. The third-order valence-electron chi connectivity index (χ3n) is 4.45. The maximum absolute atomic E-state index is 11.8. The minimum absolute atomic E-state index is 0. The normalized spacial score (nSPS) is 10.8. The molecule has 3 N–H and O–H groups in total. The molecule has 7 nitrogen and oxygen atoms in total.